The van der Waals surface area contributed by atoms with Crippen molar-refractivity contribution >= 4 is 39.9 Å². The molecule has 1 aliphatic rings. The van der Waals surface area contributed by atoms with E-state index in [1.807, 2.05) is 0 Å². The van der Waals surface area contributed by atoms with E-state index in [-0.39, 0.29) is 39.0 Å². The first-order valence-electron chi connectivity index (χ1n) is 9.23. The number of non-ortho nitro benzene ring substituents is 1. The fourth-order valence-electron chi connectivity index (χ4n) is 3.34. The monoisotopic (exact) mass is 453 g/mol. The molecule has 0 aliphatic heterocycles. The lowest BCUT2D eigenvalue weighted by atomic mass is 10.1. The molecule has 1 aromatic carbocycles. The molecule has 1 fully saturated rings. The smallest absolute Gasteiger partial charge is 0.323 e. The molecule has 2 aromatic heterocycles. The first-order valence-corrected chi connectivity index (χ1v) is 9.61. The van der Waals surface area contributed by atoms with E-state index in [1.54, 1.807) is 0 Å². The number of nitrogens with zero attached hydrogens (tertiary/aromatic N) is 4. The number of aromatic nitrogens is 3. The zero-order valence-electron chi connectivity index (χ0n) is 16.0. The molecule has 8 nitrogen and oxygen atoms in total. The Morgan fingerprint density at radius 2 is 2.06 bits per heavy atom. The van der Waals surface area contributed by atoms with Crippen LogP contribution in [0.1, 0.15) is 35.7 Å². The van der Waals surface area contributed by atoms with Gasteiger partial charge in [0, 0.05) is 23.7 Å². The number of nitrogens with one attached hydrogen (secondary N) is 1. The molecule has 0 atom stereocenters. The van der Waals surface area contributed by atoms with E-state index in [0.717, 1.165) is 29.7 Å². The first-order chi connectivity index (χ1) is 14.5. The second kappa shape index (κ2) is 7.49. The minimum atomic E-state index is -4.60. The molecule has 0 radical (unpaired) electrons. The molecule has 0 saturated heterocycles. The number of hydrogen-bond acceptors (Lipinski definition) is 5. The van der Waals surface area contributed by atoms with E-state index in [0.29, 0.717) is 5.69 Å². The topological polar surface area (TPSA) is 103 Å². The van der Waals surface area contributed by atoms with Crippen molar-refractivity contribution < 1.29 is 22.9 Å². The van der Waals surface area contributed by atoms with E-state index in [1.165, 1.54) is 19.1 Å². The minimum Gasteiger partial charge on any atom is -0.323 e. The maximum absolute atomic E-state index is 13.7. The number of amides is 1. The van der Waals surface area contributed by atoms with Crippen molar-refractivity contribution in [3.05, 3.63) is 56.4 Å². The second-order valence-electron chi connectivity index (χ2n) is 7.28. The third-order valence-electron chi connectivity index (χ3n) is 4.93. The zero-order valence-corrected chi connectivity index (χ0v) is 16.8. The van der Waals surface area contributed by atoms with Gasteiger partial charge in [0.25, 0.3) is 5.69 Å². The molecule has 2 heterocycles. The Bertz CT molecular complexity index is 1220. The lowest BCUT2D eigenvalue weighted by Crippen LogP contribution is -2.20. The average molecular weight is 454 g/mol. The number of rotatable bonds is 5. The van der Waals surface area contributed by atoms with E-state index < -0.39 is 29.1 Å². The minimum absolute atomic E-state index is 0.0108. The van der Waals surface area contributed by atoms with Crippen molar-refractivity contribution in [3.63, 3.8) is 0 Å². The summed E-state index contributed by atoms with van der Waals surface area (Å²) in [4.78, 5) is 27.2. The van der Waals surface area contributed by atoms with Crippen molar-refractivity contribution in [3.8, 4) is 0 Å². The summed E-state index contributed by atoms with van der Waals surface area (Å²) in [6, 6.07) is 4.60. The highest BCUT2D eigenvalue weighted by molar-refractivity contribution is 6.33. The summed E-state index contributed by atoms with van der Waals surface area (Å²) in [5.74, 6) is -0.703. The number of carbonyl (C=O) groups excluding carboxylic acids is 1. The summed E-state index contributed by atoms with van der Waals surface area (Å²) in [5.41, 5.74) is -0.705. The Hall–Kier alpha value is -3.21. The van der Waals surface area contributed by atoms with Crippen LogP contribution in [0.15, 0.2) is 24.3 Å². The first kappa shape index (κ1) is 21.0. The van der Waals surface area contributed by atoms with Crippen LogP contribution in [0.5, 0.6) is 0 Å². The molecule has 0 spiro atoms. The molecular weight excluding hydrogens is 439 g/mol. The van der Waals surface area contributed by atoms with Crippen LogP contribution < -0.4 is 5.32 Å². The van der Waals surface area contributed by atoms with Crippen LogP contribution >= 0.6 is 11.6 Å². The number of alkyl halides is 3. The van der Waals surface area contributed by atoms with Crippen LogP contribution in [0.2, 0.25) is 5.02 Å². The Kier molecular flexibility index (Phi) is 5.08. The van der Waals surface area contributed by atoms with Gasteiger partial charge in [-0.25, -0.2) is 9.67 Å². The van der Waals surface area contributed by atoms with Gasteiger partial charge in [0.05, 0.1) is 32.3 Å². The summed E-state index contributed by atoms with van der Waals surface area (Å²) < 4.78 is 42.1. The third kappa shape index (κ3) is 4.18. The highest BCUT2D eigenvalue weighted by Crippen LogP contribution is 2.43. The van der Waals surface area contributed by atoms with Crippen molar-refractivity contribution in [2.45, 2.75) is 38.4 Å². The van der Waals surface area contributed by atoms with Crippen molar-refractivity contribution in [2.24, 2.45) is 0 Å². The van der Waals surface area contributed by atoms with Gasteiger partial charge >= 0.3 is 6.18 Å². The molecule has 3 aromatic rings. The van der Waals surface area contributed by atoms with Crippen molar-refractivity contribution in [1.29, 1.82) is 0 Å². The standard InChI is InChI=1S/C19H15ClF3N5O3/c1-9-17-12(19(21,22)23)7-14(10-2-3-10)25-18(17)27(26-9)8-16(29)24-15-6-11(28(30)31)4-5-13(15)20/h4-7,10H,2-3,8H2,1H3,(H,24,29). The Morgan fingerprint density at radius 3 is 2.68 bits per heavy atom. The molecule has 31 heavy (non-hydrogen) atoms. The Morgan fingerprint density at radius 1 is 1.35 bits per heavy atom. The van der Waals surface area contributed by atoms with Gasteiger partial charge in [0.1, 0.15) is 6.54 Å². The number of benzene rings is 1. The van der Waals surface area contributed by atoms with Crippen LogP contribution in [-0.4, -0.2) is 25.6 Å². The lowest BCUT2D eigenvalue weighted by Gasteiger charge is -2.11. The molecule has 1 N–H and O–H groups in total. The number of aryl methyl sites for hydroxylation is 1. The molecule has 162 valence electrons. The van der Waals surface area contributed by atoms with Gasteiger partial charge < -0.3 is 5.32 Å². The van der Waals surface area contributed by atoms with Gasteiger partial charge in [0.15, 0.2) is 5.65 Å². The van der Waals surface area contributed by atoms with Crippen LogP contribution in [0.3, 0.4) is 0 Å². The normalized spacial score (nSPS) is 14.1. The number of hydrogen-bond donors (Lipinski definition) is 1. The quantitative estimate of drug-likeness (QED) is 0.440. The summed E-state index contributed by atoms with van der Waals surface area (Å²) in [6.45, 7) is 0.976. The fraction of sp³-hybridized carbons (Fsp3) is 0.316. The lowest BCUT2D eigenvalue weighted by molar-refractivity contribution is -0.384. The SMILES string of the molecule is Cc1nn(CC(=O)Nc2cc([N+](=O)[O-])ccc2Cl)c2nc(C3CC3)cc(C(F)(F)F)c12. The summed E-state index contributed by atoms with van der Waals surface area (Å²) in [6.07, 6.45) is -3.08. The Balaban J connectivity index is 1.69. The summed E-state index contributed by atoms with van der Waals surface area (Å²) in [7, 11) is 0. The van der Waals surface area contributed by atoms with E-state index >= 15 is 0 Å². The summed E-state index contributed by atoms with van der Waals surface area (Å²) in [5, 5.41) is 17.4. The average Bonchev–Trinajstić information content (AvgIpc) is 3.48. The van der Waals surface area contributed by atoms with Crippen molar-refractivity contribution in [2.75, 3.05) is 5.32 Å². The number of fused-ring (bicyclic) bond motifs is 1. The van der Waals surface area contributed by atoms with Crippen LogP contribution in [0.4, 0.5) is 24.5 Å². The van der Waals surface area contributed by atoms with Gasteiger partial charge in [-0.3, -0.25) is 14.9 Å². The van der Waals surface area contributed by atoms with Gasteiger partial charge in [-0.1, -0.05) is 11.6 Å². The predicted octanol–water partition coefficient (Wildman–Crippen LogP) is 4.84. The molecule has 1 amide bonds. The highest BCUT2D eigenvalue weighted by Gasteiger charge is 2.37. The molecule has 0 unspecified atom stereocenters. The molecular formula is C19H15ClF3N5O3. The van der Waals surface area contributed by atoms with Crippen molar-refractivity contribution in [1.82, 2.24) is 14.8 Å². The summed E-state index contributed by atoms with van der Waals surface area (Å²) >= 11 is 5.98. The third-order valence-corrected chi connectivity index (χ3v) is 5.26. The number of anilines is 1. The molecule has 1 saturated carbocycles. The van der Waals surface area contributed by atoms with Crippen LogP contribution in [-0.2, 0) is 17.5 Å². The zero-order chi connectivity index (χ0) is 22.5. The van der Waals surface area contributed by atoms with Gasteiger partial charge in [-0.05, 0) is 31.9 Å². The predicted molar refractivity (Wildman–Crippen MR) is 106 cm³/mol. The maximum atomic E-state index is 13.7. The number of nitro benzene ring substituents is 1. The number of carbonyl (C=O) groups is 1. The number of pyridine rings is 1. The van der Waals surface area contributed by atoms with E-state index in [4.69, 9.17) is 11.6 Å². The van der Waals surface area contributed by atoms with Crippen LogP contribution in [0.25, 0.3) is 11.0 Å². The van der Waals surface area contributed by atoms with Gasteiger partial charge in [0.2, 0.25) is 5.91 Å². The van der Waals surface area contributed by atoms with E-state index in [9.17, 15) is 28.1 Å². The Labute approximate surface area is 178 Å². The number of nitro groups is 1. The maximum Gasteiger partial charge on any atom is 0.417 e. The molecule has 1 aliphatic carbocycles. The fourth-order valence-corrected chi connectivity index (χ4v) is 3.51. The van der Waals surface area contributed by atoms with Gasteiger partial charge in [-0.15, -0.1) is 0 Å². The largest absolute Gasteiger partial charge is 0.417 e. The molecule has 12 heteroatoms. The van der Waals surface area contributed by atoms with Crippen LogP contribution in [0, 0.1) is 17.0 Å². The van der Waals surface area contributed by atoms with Gasteiger partial charge in [-0.2, -0.15) is 18.3 Å². The number of halogens is 4. The highest BCUT2D eigenvalue weighted by atomic mass is 35.5. The second-order valence-corrected chi connectivity index (χ2v) is 7.69. The molecule has 4 rings (SSSR count). The molecule has 0 bridgehead atoms. The van der Waals surface area contributed by atoms with E-state index in [2.05, 4.69) is 15.4 Å².